The zero-order valence-corrected chi connectivity index (χ0v) is 16.3. The number of hydrogen-bond donors (Lipinski definition) is 1. The Balaban J connectivity index is 1.78. The van der Waals surface area contributed by atoms with Gasteiger partial charge in [0.25, 0.3) is 0 Å². The molecule has 0 aliphatic carbocycles. The molecule has 1 N–H and O–H groups in total. The Bertz CT molecular complexity index is 1000. The average molecular weight is 382 g/mol. The van der Waals surface area contributed by atoms with Gasteiger partial charge in [0, 0.05) is 11.3 Å². The van der Waals surface area contributed by atoms with Gasteiger partial charge in [-0.25, -0.2) is 9.48 Å². The standard InChI is InChI=1S/C20H22N4O4/c1-5-27-20(26)18-11-21-24(13(18)3)16-8-6-7-15(9-16)22-19(25)10-17-12(2)23-28-14(17)4/h6-9,11H,5,10H2,1-4H3,(H,22,25). The van der Waals surface area contributed by atoms with E-state index in [4.69, 9.17) is 9.26 Å². The summed E-state index contributed by atoms with van der Waals surface area (Å²) in [5.41, 5.74) is 3.92. The summed E-state index contributed by atoms with van der Waals surface area (Å²) in [6.07, 6.45) is 1.66. The van der Waals surface area contributed by atoms with Gasteiger partial charge in [0.15, 0.2) is 0 Å². The van der Waals surface area contributed by atoms with Gasteiger partial charge in [0.1, 0.15) is 11.3 Å². The zero-order valence-electron chi connectivity index (χ0n) is 16.3. The van der Waals surface area contributed by atoms with E-state index >= 15 is 0 Å². The molecule has 0 aliphatic rings. The number of carbonyl (C=O) groups is 2. The predicted molar refractivity (Wildman–Crippen MR) is 103 cm³/mol. The normalized spacial score (nSPS) is 10.7. The highest BCUT2D eigenvalue weighted by atomic mass is 16.5. The summed E-state index contributed by atoms with van der Waals surface area (Å²) in [6, 6.07) is 7.24. The van der Waals surface area contributed by atoms with E-state index in [-0.39, 0.29) is 12.3 Å². The van der Waals surface area contributed by atoms with E-state index in [1.165, 1.54) is 6.20 Å². The fraction of sp³-hybridized carbons (Fsp3) is 0.300. The fourth-order valence-electron chi connectivity index (χ4n) is 2.91. The molecule has 0 saturated carbocycles. The number of anilines is 1. The summed E-state index contributed by atoms with van der Waals surface area (Å²) >= 11 is 0. The summed E-state index contributed by atoms with van der Waals surface area (Å²) in [5, 5.41) is 11.0. The van der Waals surface area contributed by atoms with Gasteiger partial charge in [0.2, 0.25) is 5.91 Å². The van der Waals surface area contributed by atoms with E-state index in [0.29, 0.717) is 35.0 Å². The number of nitrogens with one attached hydrogen (secondary N) is 1. The Kier molecular flexibility index (Phi) is 5.58. The fourth-order valence-corrected chi connectivity index (χ4v) is 2.91. The van der Waals surface area contributed by atoms with E-state index in [2.05, 4.69) is 15.6 Å². The lowest BCUT2D eigenvalue weighted by Crippen LogP contribution is -2.15. The van der Waals surface area contributed by atoms with E-state index in [1.807, 2.05) is 12.1 Å². The third-order valence-electron chi connectivity index (χ3n) is 4.40. The summed E-state index contributed by atoms with van der Waals surface area (Å²) in [7, 11) is 0. The Morgan fingerprint density at radius 2 is 2.04 bits per heavy atom. The van der Waals surface area contributed by atoms with Crippen LogP contribution in [0.25, 0.3) is 5.69 Å². The zero-order chi connectivity index (χ0) is 20.3. The van der Waals surface area contributed by atoms with Gasteiger partial charge in [-0.3, -0.25) is 4.79 Å². The maximum atomic E-state index is 12.4. The van der Waals surface area contributed by atoms with E-state index < -0.39 is 5.97 Å². The summed E-state index contributed by atoms with van der Waals surface area (Å²) in [5.74, 6) is 0.0613. The van der Waals surface area contributed by atoms with Gasteiger partial charge in [0.05, 0.1) is 36.3 Å². The molecule has 2 aromatic heterocycles. The first-order valence-corrected chi connectivity index (χ1v) is 8.94. The largest absolute Gasteiger partial charge is 0.462 e. The molecule has 28 heavy (non-hydrogen) atoms. The number of amides is 1. The highest BCUT2D eigenvalue weighted by Crippen LogP contribution is 2.19. The van der Waals surface area contributed by atoms with Gasteiger partial charge in [-0.2, -0.15) is 5.10 Å². The third-order valence-corrected chi connectivity index (χ3v) is 4.40. The molecule has 1 aromatic carbocycles. The Morgan fingerprint density at radius 3 is 2.71 bits per heavy atom. The molecule has 3 rings (SSSR count). The van der Waals surface area contributed by atoms with Crippen molar-refractivity contribution in [3.8, 4) is 5.69 Å². The summed E-state index contributed by atoms with van der Waals surface area (Å²) in [6.45, 7) is 7.44. The van der Waals surface area contributed by atoms with Crippen molar-refractivity contribution in [1.29, 1.82) is 0 Å². The molecule has 0 aliphatic heterocycles. The Labute approximate surface area is 162 Å². The van der Waals surface area contributed by atoms with Crippen LogP contribution in [0.4, 0.5) is 5.69 Å². The molecule has 0 saturated heterocycles. The molecule has 0 unspecified atom stereocenters. The first-order chi connectivity index (χ1) is 13.4. The van der Waals surface area contributed by atoms with Crippen LogP contribution in [0.3, 0.4) is 0 Å². The van der Waals surface area contributed by atoms with Gasteiger partial charge in [-0.1, -0.05) is 11.2 Å². The Morgan fingerprint density at radius 1 is 1.25 bits per heavy atom. The van der Waals surface area contributed by atoms with Gasteiger partial charge in [-0.05, 0) is 45.9 Å². The molecule has 2 heterocycles. The molecule has 0 radical (unpaired) electrons. The number of hydrogen-bond acceptors (Lipinski definition) is 6. The minimum Gasteiger partial charge on any atom is -0.462 e. The molecule has 1 amide bonds. The minimum absolute atomic E-state index is 0.170. The highest BCUT2D eigenvalue weighted by molar-refractivity contribution is 5.93. The number of benzene rings is 1. The van der Waals surface area contributed by atoms with Crippen molar-refractivity contribution < 1.29 is 18.8 Å². The average Bonchev–Trinajstić information content (AvgIpc) is 3.19. The van der Waals surface area contributed by atoms with E-state index in [0.717, 1.165) is 11.3 Å². The lowest BCUT2D eigenvalue weighted by Gasteiger charge is -2.09. The van der Waals surface area contributed by atoms with Crippen molar-refractivity contribution >= 4 is 17.6 Å². The monoisotopic (exact) mass is 382 g/mol. The number of aromatic nitrogens is 3. The van der Waals surface area contributed by atoms with Crippen LogP contribution in [0, 0.1) is 20.8 Å². The SMILES string of the molecule is CCOC(=O)c1cnn(-c2cccc(NC(=O)Cc3c(C)noc3C)c2)c1C. The van der Waals surface area contributed by atoms with Gasteiger partial charge in [-0.15, -0.1) is 0 Å². The number of nitrogens with zero attached hydrogens (tertiary/aromatic N) is 3. The molecular formula is C20H22N4O4. The number of esters is 1. The number of carbonyl (C=O) groups excluding carboxylic acids is 2. The smallest absolute Gasteiger partial charge is 0.341 e. The van der Waals surface area contributed by atoms with Crippen molar-refractivity contribution in [2.24, 2.45) is 0 Å². The second-order valence-electron chi connectivity index (χ2n) is 6.35. The molecule has 0 atom stereocenters. The molecule has 3 aromatic rings. The third kappa shape index (κ3) is 3.95. The van der Waals surface area contributed by atoms with Crippen LogP contribution in [0.1, 0.15) is 40.0 Å². The van der Waals surface area contributed by atoms with Crippen molar-refractivity contribution in [2.75, 3.05) is 11.9 Å². The number of rotatable bonds is 6. The quantitative estimate of drug-likeness (QED) is 0.658. The molecule has 0 bridgehead atoms. The van der Waals surface area contributed by atoms with Crippen LogP contribution < -0.4 is 5.32 Å². The molecule has 8 nitrogen and oxygen atoms in total. The number of aryl methyl sites for hydroxylation is 2. The van der Waals surface area contributed by atoms with Crippen LogP contribution in [-0.4, -0.2) is 33.4 Å². The van der Waals surface area contributed by atoms with E-state index in [1.54, 1.807) is 44.5 Å². The summed E-state index contributed by atoms with van der Waals surface area (Å²) in [4.78, 5) is 24.4. The first kappa shape index (κ1) is 19.3. The highest BCUT2D eigenvalue weighted by Gasteiger charge is 2.17. The second kappa shape index (κ2) is 8.08. The summed E-state index contributed by atoms with van der Waals surface area (Å²) < 4.78 is 11.8. The molecule has 0 fully saturated rings. The van der Waals surface area contributed by atoms with Crippen LogP contribution in [0.5, 0.6) is 0 Å². The van der Waals surface area contributed by atoms with Gasteiger partial charge < -0.3 is 14.6 Å². The van der Waals surface area contributed by atoms with Crippen LogP contribution in [0.2, 0.25) is 0 Å². The van der Waals surface area contributed by atoms with Gasteiger partial charge >= 0.3 is 5.97 Å². The lowest BCUT2D eigenvalue weighted by atomic mass is 10.1. The predicted octanol–water partition coefficient (Wildman–Crippen LogP) is 3.14. The van der Waals surface area contributed by atoms with Crippen LogP contribution in [-0.2, 0) is 16.0 Å². The van der Waals surface area contributed by atoms with Crippen LogP contribution in [0.15, 0.2) is 35.0 Å². The van der Waals surface area contributed by atoms with Crippen molar-refractivity contribution in [3.63, 3.8) is 0 Å². The minimum atomic E-state index is -0.407. The number of ether oxygens (including phenoxy) is 1. The first-order valence-electron chi connectivity index (χ1n) is 8.94. The second-order valence-corrected chi connectivity index (χ2v) is 6.35. The van der Waals surface area contributed by atoms with Crippen molar-refractivity contribution in [2.45, 2.75) is 34.1 Å². The maximum Gasteiger partial charge on any atom is 0.341 e. The van der Waals surface area contributed by atoms with Crippen molar-refractivity contribution in [1.82, 2.24) is 14.9 Å². The molecule has 146 valence electrons. The van der Waals surface area contributed by atoms with E-state index in [9.17, 15) is 9.59 Å². The molecule has 0 spiro atoms. The maximum absolute atomic E-state index is 12.4. The topological polar surface area (TPSA) is 99.2 Å². The Hall–Kier alpha value is -3.42. The van der Waals surface area contributed by atoms with Crippen molar-refractivity contribution in [3.05, 3.63) is 58.7 Å². The molecule has 8 heteroatoms. The lowest BCUT2D eigenvalue weighted by molar-refractivity contribution is -0.115. The van der Waals surface area contributed by atoms with Crippen LogP contribution >= 0.6 is 0 Å². The molecular weight excluding hydrogens is 360 g/mol.